The van der Waals surface area contributed by atoms with Crippen LogP contribution in [0.2, 0.25) is 0 Å². The van der Waals surface area contributed by atoms with E-state index in [0.29, 0.717) is 24.3 Å². The van der Waals surface area contributed by atoms with Gasteiger partial charge in [0.05, 0.1) is 14.2 Å². The second kappa shape index (κ2) is 20.9. The van der Waals surface area contributed by atoms with Gasteiger partial charge in [0.2, 0.25) is 0 Å². The number of allylic oxidation sites excluding steroid dienone is 1. The summed E-state index contributed by atoms with van der Waals surface area (Å²) in [5, 5.41) is 0. The SMILES string of the molecule is CCCCCC[C@H](C/C=C\CCCCCCCC(=O)OC)OC(=O)/C=C/c1ccc(OC(C)=O)c(OC)c1. The van der Waals surface area contributed by atoms with Gasteiger partial charge in [0.1, 0.15) is 6.10 Å². The number of benzene rings is 1. The molecule has 1 aromatic rings. The van der Waals surface area contributed by atoms with Crippen molar-refractivity contribution in [3.05, 3.63) is 42.0 Å². The highest BCUT2D eigenvalue weighted by molar-refractivity contribution is 5.87. The van der Waals surface area contributed by atoms with Crippen molar-refractivity contribution in [3.8, 4) is 11.5 Å². The molecular weight excluding hydrogens is 484 g/mol. The van der Waals surface area contributed by atoms with Gasteiger partial charge in [0.15, 0.2) is 11.5 Å². The van der Waals surface area contributed by atoms with Crippen LogP contribution in [-0.4, -0.2) is 38.2 Å². The highest BCUT2D eigenvalue weighted by atomic mass is 16.6. The second-order valence-electron chi connectivity index (χ2n) is 9.34. The third-order valence-corrected chi connectivity index (χ3v) is 6.06. The van der Waals surface area contributed by atoms with E-state index in [1.54, 1.807) is 24.3 Å². The fourth-order valence-corrected chi connectivity index (χ4v) is 3.95. The van der Waals surface area contributed by atoms with Gasteiger partial charge in [-0.25, -0.2) is 4.79 Å². The predicted molar refractivity (Wildman–Crippen MR) is 150 cm³/mol. The van der Waals surface area contributed by atoms with E-state index < -0.39 is 5.97 Å². The van der Waals surface area contributed by atoms with Crippen LogP contribution >= 0.6 is 0 Å². The molecule has 0 bridgehead atoms. The third-order valence-electron chi connectivity index (χ3n) is 6.06. The van der Waals surface area contributed by atoms with Crippen LogP contribution in [0.4, 0.5) is 0 Å². The molecule has 0 amide bonds. The molecule has 0 N–H and O–H groups in total. The molecule has 7 heteroatoms. The number of esters is 3. The Bertz CT molecular complexity index is 888. The molecular formula is C31H46O7. The molecule has 1 rings (SSSR count). The van der Waals surface area contributed by atoms with Gasteiger partial charge in [-0.3, -0.25) is 9.59 Å². The number of hydrogen-bond acceptors (Lipinski definition) is 7. The standard InChI is InChI=1S/C31H46O7/c1-5-6-7-14-17-27(18-15-12-10-8-9-11-13-16-19-30(33)36-4)38-31(34)23-21-26-20-22-28(37-25(2)32)29(24-26)35-3/h12,15,20-24,27H,5-11,13-14,16-19H2,1-4H3/b15-12-,23-21+/t27-/m1/s1. The smallest absolute Gasteiger partial charge is 0.331 e. The van der Waals surface area contributed by atoms with E-state index in [4.69, 9.17) is 14.2 Å². The zero-order valence-corrected chi connectivity index (χ0v) is 23.7. The van der Waals surface area contributed by atoms with Crippen molar-refractivity contribution < 1.29 is 33.3 Å². The lowest BCUT2D eigenvalue weighted by atomic mass is 10.1. The summed E-state index contributed by atoms with van der Waals surface area (Å²) in [5.41, 5.74) is 0.736. The van der Waals surface area contributed by atoms with Gasteiger partial charge in [0.25, 0.3) is 0 Å². The lowest BCUT2D eigenvalue weighted by molar-refractivity contribution is -0.143. The van der Waals surface area contributed by atoms with Gasteiger partial charge < -0.3 is 18.9 Å². The van der Waals surface area contributed by atoms with Crippen LogP contribution < -0.4 is 9.47 Å². The summed E-state index contributed by atoms with van der Waals surface area (Å²) in [7, 11) is 2.92. The topological polar surface area (TPSA) is 88.1 Å². The molecule has 0 unspecified atom stereocenters. The normalized spacial score (nSPS) is 12.0. The van der Waals surface area contributed by atoms with Crippen LogP contribution in [0, 0.1) is 0 Å². The first-order valence-corrected chi connectivity index (χ1v) is 13.9. The number of methoxy groups -OCH3 is 2. The molecule has 0 spiro atoms. The lowest BCUT2D eigenvalue weighted by Crippen LogP contribution is -2.16. The quantitative estimate of drug-likeness (QED) is 0.0572. The summed E-state index contributed by atoms with van der Waals surface area (Å²) in [6.07, 6.45) is 20.1. The summed E-state index contributed by atoms with van der Waals surface area (Å²) in [6, 6.07) is 5.08. The molecule has 0 saturated heterocycles. The Hall–Kier alpha value is -3.09. The molecule has 0 saturated carbocycles. The molecule has 0 aliphatic heterocycles. The summed E-state index contributed by atoms with van der Waals surface area (Å²) < 4.78 is 20.8. The minimum absolute atomic E-state index is 0.136. The Balaban J connectivity index is 2.52. The Morgan fingerprint density at radius 3 is 2.34 bits per heavy atom. The lowest BCUT2D eigenvalue weighted by Gasteiger charge is -2.15. The zero-order valence-electron chi connectivity index (χ0n) is 23.7. The molecule has 0 aliphatic rings. The maximum absolute atomic E-state index is 12.5. The number of carbonyl (C=O) groups excluding carboxylic acids is 3. The van der Waals surface area contributed by atoms with Gasteiger partial charge in [-0.15, -0.1) is 0 Å². The highest BCUT2D eigenvalue weighted by Crippen LogP contribution is 2.28. The second-order valence-corrected chi connectivity index (χ2v) is 9.34. The van der Waals surface area contributed by atoms with E-state index >= 15 is 0 Å². The monoisotopic (exact) mass is 530 g/mol. The van der Waals surface area contributed by atoms with Gasteiger partial charge in [-0.05, 0) is 55.9 Å². The van der Waals surface area contributed by atoms with Crippen molar-refractivity contribution in [2.75, 3.05) is 14.2 Å². The Morgan fingerprint density at radius 1 is 0.895 bits per heavy atom. The van der Waals surface area contributed by atoms with Crippen molar-refractivity contribution >= 4 is 24.0 Å². The fraction of sp³-hybridized carbons (Fsp3) is 0.581. The van der Waals surface area contributed by atoms with Crippen LogP contribution in [0.1, 0.15) is 103 Å². The summed E-state index contributed by atoms with van der Waals surface area (Å²) in [4.78, 5) is 34.9. The van der Waals surface area contributed by atoms with E-state index in [-0.39, 0.29) is 18.0 Å². The van der Waals surface area contributed by atoms with Crippen LogP contribution in [0.25, 0.3) is 6.08 Å². The molecule has 7 nitrogen and oxygen atoms in total. The maximum atomic E-state index is 12.5. The average Bonchev–Trinajstić information content (AvgIpc) is 2.90. The van der Waals surface area contributed by atoms with Gasteiger partial charge in [-0.1, -0.05) is 63.7 Å². The molecule has 0 fully saturated rings. The van der Waals surface area contributed by atoms with Crippen molar-refractivity contribution in [1.29, 1.82) is 0 Å². The van der Waals surface area contributed by atoms with E-state index in [2.05, 4.69) is 23.8 Å². The Labute approximate surface area is 228 Å². The molecule has 212 valence electrons. The fourth-order valence-electron chi connectivity index (χ4n) is 3.95. The highest BCUT2D eigenvalue weighted by Gasteiger charge is 2.12. The van der Waals surface area contributed by atoms with Crippen LogP contribution in [0.5, 0.6) is 11.5 Å². The number of ether oxygens (including phenoxy) is 4. The summed E-state index contributed by atoms with van der Waals surface area (Å²) in [6.45, 7) is 3.51. The van der Waals surface area contributed by atoms with E-state index in [0.717, 1.165) is 69.8 Å². The van der Waals surface area contributed by atoms with Crippen molar-refractivity contribution in [2.45, 2.75) is 103 Å². The van der Waals surface area contributed by atoms with Gasteiger partial charge in [0, 0.05) is 25.8 Å². The van der Waals surface area contributed by atoms with E-state index in [1.165, 1.54) is 33.6 Å². The molecule has 0 heterocycles. The predicted octanol–water partition coefficient (Wildman–Crippen LogP) is 7.37. The molecule has 1 aromatic carbocycles. The van der Waals surface area contributed by atoms with Gasteiger partial charge in [-0.2, -0.15) is 0 Å². The molecule has 0 aromatic heterocycles. The first kappa shape index (κ1) is 32.9. The van der Waals surface area contributed by atoms with E-state index in [1.807, 2.05) is 0 Å². The van der Waals surface area contributed by atoms with E-state index in [9.17, 15) is 14.4 Å². The summed E-state index contributed by atoms with van der Waals surface area (Å²) in [5.74, 6) is -0.202. The van der Waals surface area contributed by atoms with Gasteiger partial charge >= 0.3 is 17.9 Å². The summed E-state index contributed by atoms with van der Waals surface area (Å²) >= 11 is 0. The van der Waals surface area contributed by atoms with Crippen LogP contribution in [-0.2, 0) is 23.9 Å². The number of carbonyl (C=O) groups is 3. The maximum Gasteiger partial charge on any atom is 0.331 e. The van der Waals surface area contributed by atoms with Crippen molar-refractivity contribution in [2.24, 2.45) is 0 Å². The average molecular weight is 531 g/mol. The minimum atomic E-state index is -0.429. The molecule has 0 aliphatic carbocycles. The third kappa shape index (κ3) is 15.9. The minimum Gasteiger partial charge on any atom is -0.493 e. The Morgan fingerprint density at radius 2 is 1.63 bits per heavy atom. The first-order chi connectivity index (χ1) is 18.4. The molecule has 1 atom stereocenters. The number of hydrogen-bond donors (Lipinski definition) is 0. The molecule has 0 radical (unpaired) electrons. The largest absolute Gasteiger partial charge is 0.493 e. The zero-order chi connectivity index (χ0) is 28.0. The number of unbranched alkanes of at least 4 members (excludes halogenated alkanes) is 8. The Kier molecular flexibility index (Phi) is 18.1. The first-order valence-electron chi connectivity index (χ1n) is 13.9. The van der Waals surface area contributed by atoms with Crippen molar-refractivity contribution in [3.63, 3.8) is 0 Å². The van der Waals surface area contributed by atoms with Crippen LogP contribution in [0.15, 0.2) is 36.4 Å². The van der Waals surface area contributed by atoms with Crippen molar-refractivity contribution in [1.82, 2.24) is 0 Å². The molecule has 38 heavy (non-hydrogen) atoms. The number of rotatable bonds is 20. The van der Waals surface area contributed by atoms with Crippen LogP contribution in [0.3, 0.4) is 0 Å².